The molecule has 0 fully saturated rings. The summed E-state index contributed by atoms with van der Waals surface area (Å²) in [6, 6.07) is 6.21. The van der Waals surface area contributed by atoms with E-state index in [-0.39, 0.29) is 11.4 Å². The molecule has 0 aliphatic carbocycles. The summed E-state index contributed by atoms with van der Waals surface area (Å²) in [6.45, 7) is 1.60. The van der Waals surface area contributed by atoms with Gasteiger partial charge in [-0.25, -0.2) is 4.39 Å². The van der Waals surface area contributed by atoms with E-state index in [0.717, 1.165) is 0 Å². The normalized spacial score (nSPS) is 8.81. The van der Waals surface area contributed by atoms with Crippen LogP contribution < -0.4 is 5.43 Å². The molecule has 0 spiro atoms. The van der Waals surface area contributed by atoms with Gasteiger partial charge in [0.1, 0.15) is 12.1 Å². The lowest BCUT2D eigenvalue weighted by Crippen LogP contribution is -1.99. The van der Waals surface area contributed by atoms with Crippen molar-refractivity contribution >= 4 is 27.3 Å². The third-order valence-corrected chi connectivity index (χ3v) is 2.18. The van der Waals surface area contributed by atoms with Crippen molar-refractivity contribution in [2.45, 2.75) is 6.92 Å². The summed E-state index contributed by atoms with van der Waals surface area (Å²) in [6.07, 6.45) is 0. The van der Waals surface area contributed by atoms with E-state index in [2.05, 4.69) is 26.5 Å². The number of aryl methyl sites for hydroxylation is 1. The Labute approximate surface area is 100 Å². The molecule has 6 heteroatoms. The lowest BCUT2D eigenvalue weighted by Gasteiger charge is -2.05. The molecule has 0 amide bonds. The van der Waals surface area contributed by atoms with Crippen LogP contribution in [0.3, 0.4) is 0 Å². The molecule has 16 heavy (non-hydrogen) atoms. The van der Waals surface area contributed by atoms with Gasteiger partial charge in [0.2, 0.25) is 5.71 Å². The molecule has 0 aromatic heterocycles. The molecule has 80 valence electrons. The topological polar surface area (TPSA) is 72.0 Å². The van der Waals surface area contributed by atoms with Crippen LogP contribution in [0, 0.1) is 35.4 Å². The molecule has 1 rings (SSSR count). The summed E-state index contributed by atoms with van der Waals surface area (Å²) in [5.74, 6) is -0.470. The predicted molar refractivity (Wildman–Crippen MR) is 61.1 cm³/mol. The minimum Gasteiger partial charge on any atom is -0.273 e. The second kappa shape index (κ2) is 5.24. The van der Waals surface area contributed by atoms with E-state index in [1.165, 1.54) is 6.07 Å². The van der Waals surface area contributed by atoms with Gasteiger partial charge in [-0.3, -0.25) is 5.43 Å². The molecule has 0 aliphatic rings. The van der Waals surface area contributed by atoms with E-state index in [0.29, 0.717) is 10.0 Å². The van der Waals surface area contributed by atoms with Crippen LogP contribution in [0.4, 0.5) is 10.1 Å². The van der Waals surface area contributed by atoms with Gasteiger partial charge in [0.25, 0.3) is 0 Å². The van der Waals surface area contributed by atoms with Gasteiger partial charge < -0.3 is 0 Å². The summed E-state index contributed by atoms with van der Waals surface area (Å²) in [7, 11) is 0. The van der Waals surface area contributed by atoms with Crippen LogP contribution in [-0.2, 0) is 0 Å². The highest BCUT2D eigenvalue weighted by Crippen LogP contribution is 2.23. The first-order valence-corrected chi connectivity index (χ1v) is 4.97. The molecule has 0 saturated carbocycles. The third kappa shape index (κ3) is 2.78. The van der Waals surface area contributed by atoms with Crippen molar-refractivity contribution in [3.63, 3.8) is 0 Å². The number of nitriles is 2. The third-order valence-electron chi connectivity index (χ3n) is 1.72. The molecule has 0 unspecified atom stereocenters. The van der Waals surface area contributed by atoms with Gasteiger partial charge in [-0.05, 0) is 24.6 Å². The smallest absolute Gasteiger partial charge is 0.237 e. The summed E-state index contributed by atoms with van der Waals surface area (Å²) in [5.41, 5.74) is 2.51. The van der Waals surface area contributed by atoms with Crippen LogP contribution in [0.25, 0.3) is 0 Å². The number of hydrogen-bond donors (Lipinski definition) is 1. The van der Waals surface area contributed by atoms with Gasteiger partial charge in [-0.1, -0.05) is 15.9 Å². The highest BCUT2D eigenvalue weighted by Gasteiger charge is 2.06. The Bertz CT molecular complexity index is 509. The van der Waals surface area contributed by atoms with Gasteiger partial charge in [0, 0.05) is 4.47 Å². The first kappa shape index (κ1) is 12.2. The maximum atomic E-state index is 13.5. The minimum atomic E-state index is -0.470. The molecule has 0 saturated heterocycles. The number of nitrogens with one attached hydrogen (secondary N) is 1. The highest BCUT2D eigenvalue weighted by atomic mass is 79.9. The summed E-state index contributed by atoms with van der Waals surface area (Å²) in [4.78, 5) is 0. The lowest BCUT2D eigenvalue weighted by molar-refractivity contribution is 0.621. The van der Waals surface area contributed by atoms with Crippen molar-refractivity contribution < 1.29 is 4.39 Å². The van der Waals surface area contributed by atoms with Crippen molar-refractivity contribution in [1.82, 2.24) is 0 Å². The molecular formula is C10H6BrFN4. The number of halogens is 2. The van der Waals surface area contributed by atoms with E-state index in [1.54, 1.807) is 25.1 Å². The molecule has 1 N–H and O–H groups in total. The van der Waals surface area contributed by atoms with Crippen molar-refractivity contribution in [2.75, 3.05) is 5.43 Å². The number of hydrogen-bond acceptors (Lipinski definition) is 4. The quantitative estimate of drug-likeness (QED) is 0.669. The van der Waals surface area contributed by atoms with Crippen LogP contribution >= 0.6 is 15.9 Å². The molecule has 0 bridgehead atoms. The van der Waals surface area contributed by atoms with Crippen LogP contribution in [-0.4, -0.2) is 5.71 Å². The van der Waals surface area contributed by atoms with Gasteiger partial charge >= 0.3 is 0 Å². The van der Waals surface area contributed by atoms with E-state index in [9.17, 15) is 4.39 Å². The van der Waals surface area contributed by atoms with Gasteiger partial charge in [0.15, 0.2) is 5.82 Å². The number of anilines is 1. The maximum Gasteiger partial charge on any atom is 0.237 e. The van der Waals surface area contributed by atoms with E-state index in [1.807, 2.05) is 0 Å². The Hall–Kier alpha value is -1.92. The van der Waals surface area contributed by atoms with Crippen molar-refractivity contribution in [3.8, 4) is 12.1 Å². The largest absolute Gasteiger partial charge is 0.273 e. The average molecular weight is 281 g/mol. The monoisotopic (exact) mass is 280 g/mol. The number of benzene rings is 1. The van der Waals surface area contributed by atoms with Crippen molar-refractivity contribution in [2.24, 2.45) is 5.10 Å². The number of nitrogens with zero attached hydrogens (tertiary/aromatic N) is 3. The molecule has 0 radical (unpaired) electrons. The second-order valence-electron chi connectivity index (χ2n) is 2.88. The SMILES string of the molecule is Cc1cc(Br)cc(NN=C(C#N)C#N)c1F. The molecule has 4 nitrogen and oxygen atoms in total. The summed E-state index contributed by atoms with van der Waals surface area (Å²) in [5, 5.41) is 20.3. The molecule has 1 aromatic carbocycles. The van der Waals surface area contributed by atoms with Crippen LogP contribution in [0.15, 0.2) is 21.7 Å². The first-order chi connectivity index (χ1) is 7.58. The fourth-order valence-corrected chi connectivity index (χ4v) is 1.57. The zero-order chi connectivity index (χ0) is 12.1. The standard InChI is InChI=1S/C10H6BrFN4/c1-6-2-7(11)3-9(10(6)12)16-15-8(4-13)5-14/h2-3,16H,1H3. The zero-order valence-corrected chi connectivity index (χ0v) is 9.84. The lowest BCUT2D eigenvalue weighted by atomic mass is 10.2. The molecule has 0 heterocycles. The van der Waals surface area contributed by atoms with Gasteiger partial charge in [-0.2, -0.15) is 15.6 Å². The van der Waals surface area contributed by atoms with E-state index in [4.69, 9.17) is 10.5 Å². The van der Waals surface area contributed by atoms with Crippen molar-refractivity contribution in [1.29, 1.82) is 10.5 Å². The minimum absolute atomic E-state index is 0.106. The Morgan fingerprint density at radius 2 is 2.06 bits per heavy atom. The summed E-state index contributed by atoms with van der Waals surface area (Å²) < 4.78 is 14.2. The first-order valence-electron chi connectivity index (χ1n) is 4.18. The average Bonchev–Trinajstić information content (AvgIpc) is 2.26. The second-order valence-corrected chi connectivity index (χ2v) is 3.80. The molecule has 0 atom stereocenters. The Morgan fingerprint density at radius 1 is 1.44 bits per heavy atom. The zero-order valence-electron chi connectivity index (χ0n) is 8.25. The predicted octanol–water partition coefficient (Wildman–Crippen LogP) is 2.71. The van der Waals surface area contributed by atoms with E-state index < -0.39 is 5.82 Å². The summed E-state index contributed by atoms with van der Waals surface area (Å²) >= 11 is 3.20. The van der Waals surface area contributed by atoms with Crippen LogP contribution in [0.1, 0.15) is 5.56 Å². The van der Waals surface area contributed by atoms with Crippen molar-refractivity contribution in [3.05, 3.63) is 28.0 Å². The molecule has 0 aliphatic heterocycles. The van der Waals surface area contributed by atoms with Crippen LogP contribution in [0.5, 0.6) is 0 Å². The molecule has 1 aromatic rings. The van der Waals surface area contributed by atoms with Gasteiger partial charge in [-0.15, -0.1) is 0 Å². The number of hydrazone groups is 1. The highest BCUT2D eigenvalue weighted by molar-refractivity contribution is 9.10. The molecular weight excluding hydrogens is 275 g/mol. The fourth-order valence-electron chi connectivity index (χ4n) is 0.998. The number of rotatable bonds is 2. The van der Waals surface area contributed by atoms with Crippen LogP contribution in [0.2, 0.25) is 0 Å². The fraction of sp³-hybridized carbons (Fsp3) is 0.100. The Balaban J connectivity index is 3.05. The van der Waals surface area contributed by atoms with Gasteiger partial charge in [0.05, 0.1) is 5.69 Å². The Morgan fingerprint density at radius 3 is 2.62 bits per heavy atom. The maximum absolute atomic E-state index is 13.5. The van der Waals surface area contributed by atoms with E-state index >= 15 is 0 Å². The Kier molecular flexibility index (Phi) is 3.98.